The predicted octanol–water partition coefficient (Wildman–Crippen LogP) is -2.89. The molecule has 0 saturated carbocycles. The SMILES string of the molecule is O=C1CC([C@H](O)[C@@H](O)[C@H](O)CO)CC(=O)N1. The van der Waals surface area contributed by atoms with E-state index in [0.717, 1.165) is 0 Å². The molecule has 0 aromatic carbocycles. The van der Waals surface area contributed by atoms with Gasteiger partial charge in [-0.25, -0.2) is 0 Å². The third kappa shape index (κ3) is 2.99. The Morgan fingerprint density at radius 2 is 1.69 bits per heavy atom. The zero-order valence-electron chi connectivity index (χ0n) is 8.54. The Hall–Kier alpha value is -1.02. The van der Waals surface area contributed by atoms with Gasteiger partial charge < -0.3 is 20.4 Å². The second kappa shape index (κ2) is 5.35. The summed E-state index contributed by atoms with van der Waals surface area (Å²) in [4.78, 5) is 22.0. The molecule has 0 aromatic rings. The first-order chi connectivity index (χ1) is 7.45. The topological polar surface area (TPSA) is 127 Å². The lowest BCUT2D eigenvalue weighted by molar-refractivity contribution is -0.141. The Labute approximate surface area is 91.7 Å². The second-order valence-electron chi connectivity index (χ2n) is 3.87. The summed E-state index contributed by atoms with van der Waals surface area (Å²) in [6, 6.07) is 0. The molecular weight excluding hydrogens is 218 g/mol. The largest absolute Gasteiger partial charge is 0.394 e. The molecule has 7 heteroatoms. The van der Waals surface area contributed by atoms with Crippen molar-refractivity contribution in [2.24, 2.45) is 5.92 Å². The molecule has 0 aliphatic carbocycles. The molecule has 16 heavy (non-hydrogen) atoms. The average molecular weight is 233 g/mol. The van der Waals surface area contributed by atoms with Gasteiger partial charge in [0.05, 0.1) is 12.7 Å². The van der Waals surface area contributed by atoms with Crippen LogP contribution in [0.25, 0.3) is 0 Å². The van der Waals surface area contributed by atoms with Crippen LogP contribution >= 0.6 is 0 Å². The third-order valence-electron chi connectivity index (χ3n) is 2.59. The van der Waals surface area contributed by atoms with Gasteiger partial charge in [0.25, 0.3) is 0 Å². The van der Waals surface area contributed by atoms with Crippen LogP contribution in [0.2, 0.25) is 0 Å². The number of aliphatic hydroxyl groups excluding tert-OH is 4. The van der Waals surface area contributed by atoms with Gasteiger partial charge in [0.1, 0.15) is 12.2 Å². The molecule has 92 valence electrons. The van der Waals surface area contributed by atoms with Crippen LogP contribution in [0.3, 0.4) is 0 Å². The molecule has 1 rings (SSSR count). The molecule has 1 fully saturated rings. The van der Waals surface area contributed by atoms with E-state index in [9.17, 15) is 19.8 Å². The molecule has 1 aliphatic rings. The summed E-state index contributed by atoms with van der Waals surface area (Å²) >= 11 is 0. The van der Waals surface area contributed by atoms with Crippen LogP contribution in [0.4, 0.5) is 0 Å². The number of amides is 2. The van der Waals surface area contributed by atoms with E-state index in [1.165, 1.54) is 0 Å². The molecule has 0 radical (unpaired) electrons. The van der Waals surface area contributed by atoms with Gasteiger partial charge in [-0.05, 0) is 0 Å². The van der Waals surface area contributed by atoms with Crippen LogP contribution in [-0.2, 0) is 9.59 Å². The van der Waals surface area contributed by atoms with Gasteiger partial charge in [-0.3, -0.25) is 14.9 Å². The van der Waals surface area contributed by atoms with Gasteiger partial charge >= 0.3 is 0 Å². The van der Waals surface area contributed by atoms with Crippen molar-refractivity contribution in [2.75, 3.05) is 6.61 Å². The van der Waals surface area contributed by atoms with Gasteiger partial charge in [-0.2, -0.15) is 0 Å². The van der Waals surface area contributed by atoms with Crippen molar-refractivity contribution in [3.63, 3.8) is 0 Å². The van der Waals surface area contributed by atoms with Crippen LogP contribution in [0.1, 0.15) is 12.8 Å². The number of carbonyl (C=O) groups excluding carboxylic acids is 2. The lowest BCUT2D eigenvalue weighted by Crippen LogP contribution is -2.49. The molecule has 0 spiro atoms. The van der Waals surface area contributed by atoms with Gasteiger partial charge in [0, 0.05) is 18.8 Å². The number of imide groups is 1. The number of aliphatic hydroxyl groups is 4. The molecule has 1 saturated heterocycles. The highest BCUT2D eigenvalue weighted by Gasteiger charge is 2.36. The molecule has 0 bridgehead atoms. The standard InChI is InChI=1S/C9H15NO6/c11-3-5(12)9(16)8(15)4-1-6(13)10-7(14)2-4/h4-5,8-9,11-12,15-16H,1-3H2,(H,10,13,14)/t5-,8+,9+/m1/s1. The number of hydrogen-bond donors (Lipinski definition) is 5. The van der Waals surface area contributed by atoms with Crippen molar-refractivity contribution in [2.45, 2.75) is 31.2 Å². The molecule has 2 amide bonds. The fourth-order valence-corrected chi connectivity index (χ4v) is 1.66. The van der Waals surface area contributed by atoms with E-state index in [2.05, 4.69) is 5.32 Å². The van der Waals surface area contributed by atoms with Crippen LogP contribution < -0.4 is 5.32 Å². The van der Waals surface area contributed by atoms with Crippen molar-refractivity contribution < 1.29 is 30.0 Å². The van der Waals surface area contributed by atoms with Crippen LogP contribution in [-0.4, -0.2) is 57.2 Å². The number of nitrogens with one attached hydrogen (secondary N) is 1. The number of hydrogen-bond acceptors (Lipinski definition) is 6. The Kier molecular flexibility index (Phi) is 4.36. The summed E-state index contributed by atoms with van der Waals surface area (Å²) in [5.41, 5.74) is 0. The summed E-state index contributed by atoms with van der Waals surface area (Å²) < 4.78 is 0. The third-order valence-corrected chi connectivity index (χ3v) is 2.59. The Bertz CT molecular complexity index is 265. The summed E-state index contributed by atoms with van der Waals surface area (Å²) in [5.74, 6) is -1.78. The fraction of sp³-hybridized carbons (Fsp3) is 0.778. The van der Waals surface area contributed by atoms with Crippen molar-refractivity contribution in [3.8, 4) is 0 Å². The monoisotopic (exact) mass is 233 g/mol. The Morgan fingerprint density at radius 3 is 2.12 bits per heavy atom. The lowest BCUT2D eigenvalue weighted by Gasteiger charge is -2.30. The zero-order valence-corrected chi connectivity index (χ0v) is 8.54. The quantitative estimate of drug-likeness (QED) is 0.332. The lowest BCUT2D eigenvalue weighted by atomic mass is 9.87. The number of carbonyl (C=O) groups is 2. The van der Waals surface area contributed by atoms with E-state index in [1.54, 1.807) is 0 Å². The minimum absolute atomic E-state index is 0.0951. The summed E-state index contributed by atoms with van der Waals surface area (Å²) in [5, 5.41) is 38.8. The van der Waals surface area contributed by atoms with Crippen molar-refractivity contribution >= 4 is 11.8 Å². The van der Waals surface area contributed by atoms with E-state index in [-0.39, 0.29) is 12.8 Å². The van der Waals surface area contributed by atoms with Crippen LogP contribution in [0, 0.1) is 5.92 Å². The average Bonchev–Trinajstić information content (AvgIpc) is 2.24. The summed E-state index contributed by atoms with van der Waals surface area (Å²) in [6.07, 6.45) is -4.68. The van der Waals surface area contributed by atoms with Crippen molar-refractivity contribution in [1.29, 1.82) is 0 Å². The highest BCUT2D eigenvalue weighted by molar-refractivity contribution is 5.97. The first-order valence-electron chi connectivity index (χ1n) is 4.93. The van der Waals surface area contributed by atoms with E-state index < -0.39 is 42.7 Å². The first kappa shape index (κ1) is 13.0. The second-order valence-corrected chi connectivity index (χ2v) is 3.87. The maximum Gasteiger partial charge on any atom is 0.226 e. The fourth-order valence-electron chi connectivity index (χ4n) is 1.66. The number of rotatable bonds is 4. The highest BCUT2D eigenvalue weighted by Crippen LogP contribution is 2.21. The van der Waals surface area contributed by atoms with E-state index in [1.807, 2.05) is 0 Å². The zero-order chi connectivity index (χ0) is 12.3. The smallest absolute Gasteiger partial charge is 0.226 e. The summed E-state index contributed by atoms with van der Waals surface area (Å²) in [7, 11) is 0. The molecule has 0 aromatic heterocycles. The van der Waals surface area contributed by atoms with Gasteiger partial charge in [0.15, 0.2) is 0 Å². The molecule has 3 atom stereocenters. The maximum atomic E-state index is 11.0. The Balaban J connectivity index is 2.62. The Morgan fingerprint density at radius 1 is 1.19 bits per heavy atom. The van der Waals surface area contributed by atoms with Crippen molar-refractivity contribution in [3.05, 3.63) is 0 Å². The van der Waals surface area contributed by atoms with Crippen LogP contribution in [0.5, 0.6) is 0 Å². The number of piperidine rings is 1. The maximum absolute atomic E-state index is 11.0. The molecule has 1 aliphatic heterocycles. The van der Waals surface area contributed by atoms with Gasteiger partial charge in [-0.15, -0.1) is 0 Å². The predicted molar refractivity (Wildman–Crippen MR) is 51.0 cm³/mol. The molecule has 5 N–H and O–H groups in total. The minimum Gasteiger partial charge on any atom is -0.394 e. The van der Waals surface area contributed by atoms with E-state index in [4.69, 9.17) is 10.2 Å². The van der Waals surface area contributed by atoms with Gasteiger partial charge in [0.2, 0.25) is 11.8 Å². The highest BCUT2D eigenvalue weighted by atomic mass is 16.4. The normalized spacial score (nSPS) is 23.8. The molecule has 1 heterocycles. The minimum atomic E-state index is -1.58. The summed E-state index contributed by atoms with van der Waals surface area (Å²) in [6.45, 7) is -0.703. The van der Waals surface area contributed by atoms with Crippen LogP contribution in [0.15, 0.2) is 0 Å². The van der Waals surface area contributed by atoms with Crippen molar-refractivity contribution in [1.82, 2.24) is 5.32 Å². The van der Waals surface area contributed by atoms with E-state index in [0.29, 0.717) is 0 Å². The molecular formula is C9H15NO6. The molecule has 0 unspecified atom stereocenters. The van der Waals surface area contributed by atoms with E-state index >= 15 is 0 Å². The first-order valence-corrected chi connectivity index (χ1v) is 4.93. The van der Waals surface area contributed by atoms with Gasteiger partial charge in [-0.1, -0.05) is 0 Å². The molecule has 7 nitrogen and oxygen atoms in total.